The van der Waals surface area contributed by atoms with Crippen LogP contribution in [0.15, 0.2) is 18.2 Å². The molecule has 4 nitrogen and oxygen atoms in total. The van der Waals surface area contributed by atoms with Crippen LogP contribution in [0.2, 0.25) is 0 Å². The predicted molar refractivity (Wildman–Crippen MR) is 82.8 cm³/mol. The number of anilines is 1. The van der Waals surface area contributed by atoms with Crippen LogP contribution in [0.3, 0.4) is 0 Å². The zero-order valence-corrected chi connectivity index (χ0v) is 12.5. The van der Waals surface area contributed by atoms with E-state index >= 15 is 0 Å². The van der Waals surface area contributed by atoms with Crippen molar-refractivity contribution in [1.82, 2.24) is 10.2 Å². The molecule has 4 heteroatoms. The Kier molecular flexibility index (Phi) is 5.01. The van der Waals surface area contributed by atoms with Gasteiger partial charge in [0.05, 0.1) is 5.56 Å². The average Bonchev–Trinajstić information content (AvgIpc) is 2.41. The number of hydrogen-bond acceptors (Lipinski definition) is 3. The molecule has 0 aliphatic carbocycles. The van der Waals surface area contributed by atoms with Gasteiger partial charge >= 0.3 is 0 Å². The number of nitrogens with two attached hydrogens (primary N) is 1. The Morgan fingerprint density at radius 1 is 1.40 bits per heavy atom. The Hall–Kier alpha value is -1.55. The number of piperidine rings is 1. The van der Waals surface area contributed by atoms with E-state index in [0.717, 1.165) is 38.0 Å². The Morgan fingerprint density at radius 2 is 2.10 bits per heavy atom. The summed E-state index contributed by atoms with van der Waals surface area (Å²) >= 11 is 0. The fourth-order valence-electron chi connectivity index (χ4n) is 2.77. The van der Waals surface area contributed by atoms with E-state index in [1.807, 2.05) is 25.1 Å². The lowest BCUT2D eigenvalue weighted by molar-refractivity contribution is 0.0912. The number of aryl methyl sites for hydroxylation is 1. The number of nitrogens with one attached hydrogen (secondary N) is 1. The maximum atomic E-state index is 12.2. The molecule has 1 heterocycles. The molecule has 0 aromatic heterocycles. The average molecular weight is 275 g/mol. The second kappa shape index (κ2) is 6.75. The largest absolute Gasteiger partial charge is 0.398 e. The van der Waals surface area contributed by atoms with Crippen LogP contribution in [0, 0.1) is 6.92 Å². The fraction of sp³-hybridized carbons (Fsp3) is 0.562. The Morgan fingerprint density at radius 3 is 2.70 bits per heavy atom. The van der Waals surface area contributed by atoms with Crippen LogP contribution in [0.5, 0.6) is 0 Å². The molecular weight excluding hydrogens is 250 g/mol. The molecule has 1 aliphatic heterocycles. The Labute approximate surface area is 121 Å². The van der Waals surface area contributed by atoms with Crippen molar-refractivity contribution in [2.75, 3.05) is 25.4 Å². The third kappa shape index (κ3) is 3.73. The summed E-state index contributed by atoms with van der Waals surface area (Å²) in [4.78, 5) is 14.7. The smallest absolute Gasteiger partial charge is 0.253 e. The van der Waals surface area contributed by atoms with E-state index in [2.05, 4.69) is 17.1 Å². The number of nitrogen functional groups attached to an aromatic ring is 1. The molecule has 20 heavy (non-hydrogen) atoms. The molecular formula is C16H25N3O. The highest BCUT2D eigenvalue weighted by Crippen LogP contribution is 2.16. The summed E-state index contributed by atoms with van der Waals surface area (Å²) in [7, 11) is 0. The molecule has 0 unspecified atom stereocenters. The Bertz CT molecular complexity index is 465. The van der Waals surface area contributed by atoms with E-state index in [0.29, 0.717) is 11.3 Å². The van der Waals surface area contributed by atoms with Crippen molar-refractivity contribution in [3.05, 3.63) is 29.3 Å². The minimum Gasteiger partial charge on any atom is -0.398 e. The molecule has 1 saturated heterocycles. The van der Waals surface area contributed by atoms with Crippen LogP contribution in [-0.4, -0.2) is 36.5 Å². The first kappa shape index (κ1) is 14.9. The maximum absolute atomic E-state index is 12.2. The number of rotatable bonds is 4. The minimum absolute atomic E-state index is 0.0450. The molecule has 3 N–H and O–H groups in total. The molecule has 1 aromatic rings. The number of nitrogens with zero attached hydrogens (tertiary/aromatic N) is 1. The standard InChI is InChI=1S/C16H25N3O/c1-3-8-19-9-6-13(7-10-19)18-16(20)14-5-4-12(2)11-15(14)17/h4-5,11,13H,3,6-10,17H2,1-2H3,(H,18,20). The lowest BCUT2D eigenvalue weighted by Gasteiger charge is -2.32. The summed E-state index contributed by atoms with van der Waals surface area (Å²) in [5.74, 6) is -0.0450. The molecule has 110 valence electrons. The van der Waals surface area contributed by atoms with Crippen molar-refractivity contribution >= 4 is 11.6 Å². The highest BCUT2D eigenvalue weighted by molar-refractivity contribution is 5.99. The first-order chi connectivity index (χ1) is 9.60. The van der Waals surface area contributed by atoms with E-state index in [9.17, 15) is 4.79 Å². The zero-order valence-electron chi connectivity index (χ0n) is 12.5. The van der Waals surface area contributed by atoms with Crippen LogP contribution >= 0.6 is 0 Å². The van der Waals surface area contributed by atoms with Crippen molar-refractivity contribution in [1.29, 1.82) is 0 Å². The van der Waals surface area contributed by atoms with Gasteiger partial charge in [-0.3, -0.25) is 4.79 Å². The molecule has 1 aliphatic rings. The number of hydrogen-bond donors (Lipinski definition) is 2. The number of likely N-dealkylation sites (tertiary alicyclic amines) is 1. The lowest BCUT2D eigenvalue weighted by Crippen LogP contribution is -2.44. The molecule has 0 bridgehead atoms. The highest BCUT2D eigenvalue weighted by atomic mass is 16.1. The van der Waals surface area contributed by atoms with E-state index in [1.54, 1.807) is 0 Å². The molecule has 1 aromatic carbocycles. The Balaban J connectivity index is 1.89. The van der Waals surface area contributed by atoms with E-state index in [4.69, 9.17) is 5.73 Å². The third-order valence-electron chi connectivity index (χ3n) is 3.91. The van der Waals surface area contributed by atoms with Crippen molar-refractivity contribution in [2.45, 2.75) is 39.2 Å². The summed E-state index contributed by atoms with van der Waals surface area (Å²) < 4.78 is 0. The predicted octanol–water partition coefficient (Wildman–Crippen LogP) is 2.18. The second-order valence-corrected chi connectivity index (χ2v) is 5.68. The first-order valence-corrected chi connectivity index (χ1v) is 7.49. The molecule has 0 radical (unpaired) electrons. The van der Waals surface area contributed by atoms with Gasteiger partial charge < -0.3 is 16.0 Å². The number of amides is 1. The van der Waals surface area contributed by atoms with Crippen LogP contribution in [0.25, 0.3) is 0 Å². The fourth-order valence-corrected chi connectivity index (χ4v) is 2.77. The summed E-state index contributed by atoms with van der Waals surface area (Å²) in [5.41, 5.74) is 8.15. The van der Waals surface area contributed by atoms with E-state index < -0.39 is 0 Å². The van der Waals surface area contributed by atoms with Gasteiger partial charge in [0.2, 0.25) is 0 Å². The van der Waals surface area contributed by atoms with E-state index in [-0.39, 0.29) is 11.9 Å². The van der Waals surface area contributed by atoms with Crippen molar-refractivity contribution in [3.8, 4) is 0 Å². The summed E-state index contributed by atoms with van der Waals surface area (Å²) in [5, 5.41) is 3.11. The quantitative estimate of drug-likeness (QED) is 0.828. The summed E-state index contributed by atoms with van der Waals surface area (Å²) in [6.07, 6.45) is 3.24. The van der Waals surface area contributed by atoms with Crippen molar-refractivity contribution in [3.63, 3.8) is 0 Å². The van der Waals surface area contributed by atoms with Crippen molar-refractivity contribution < 1.29 is 4.79 Å². The van der Waals surface area contributed by atoms with Gasteiger partial charge in [0.25, 0.3) is 5.91 Å². The van der Waals surface area contributed by atoms with Crippen LogP contribution in [0.1, 0.15) is 42.1 Å². The van der Waals surface area contributed by atoms with E-state index in [1.165, 1.54) is 6.42 Å². The number of benzene rings is 1. The molecule has 1 amide bonds. The van der Waals surface area contributed by atoms with Gasteiger partial charge in [0.1, 0.15) is 0 Å². The lowest BCUT2D eigenvalue weighted by atomic mass is 10.0. The monoisotopic (exact) mass is 275 g/mol. The molecule has 0 saturated carbocycles. The van der Waals surface area contributed by atoms with Gasteiger partial charge in [0, 0.05) is 24.8 Å². The number of carbonyl (C=O) groups is 1. The normalized spacial score (nSPS) is 17.1. The molecule has 2 rings (SSSR count). The van der Waals surface area contributed by atoms with Gasteiger partial charge in [-0.1, -0.05) is 13.0 Å². The van der Waals surface area contributed by atoms with Crippen LogP contribution in [0.4, 0.5) is 5.69 Å². The summed E-state index contributed by atoms with van der Waals surface area (Å²) in [6.45, 7) is 7.48. The van der Waals surface area contributed by atoms with Crippen molar-refractivity contribution in [2.24, 2.45) is 0 Å². The van der Waals surface area contributed by atoms with Crippen LogP contribution in [-0.2, 0) is 0 Å². The molecule has 1 fully saturated rings. The van der Waals surface area contributed by atoms with Gasteiger partial charge in [0.15, 0.2) is 0 Å². The number of carbonyl (C=O) groups excluding carboxylic acids is 1. The van der Waals surface area contributed by atoms with Crippen LogP contribution < -0.4 is 11.1 Å². The van der Waals surface area contributed by atoms with Gasteiger partial charge in [-0.25, -0.2) is 0 Å². The highest BCUT2D eigenvalue weighted by Gasteiger charge is 2.21. The minimum atomic E-state index is -0.0450. The SMILES string of the molecule is CCCN1CCC(NC(=O)c2ccc(C)cc2N)CC1. The third-order valence-corrected chi connectivity index (χ3v) is 3.91. The van der Waals surface area contributed by atoms with Gasteiger partial charge in [-0.15, -0.1) is 0 Å². The zero-order chi connectivity index (χ0) is 14.5. The summed E-state index contributed by atoms with van der Waals surface area (Å²) in [6, 6.07) is 5.86. The first-order valence-electron chi connectivity index (χ1n) is 7.49. The molecule has 0 spiro atoms. The second-order valence-electron chi connectivity index (χ2n) is 5.68. The maximum Gasteiger partial charge on any atom is 0.253 e. The van der Waals surface area contributed by atoms with Gasteiger partial charge in [-0.2, -0.15) is 0 Å². The molecule has 0 atom stereocenters. The topological polar surface area (TPSA) is 58.4 Å². The van der Waals surface area contributed by atoms with Gasteiger partial charge in [-0.05, 0) is 50.4 Å².